The van der Waals surface area contributed by atoms with Gasteiger partial charge < -0.3 is 14.2 Å². The van der Waals surface area contributed by atoms with Crippen LogP contribution >= 0.6 is 0 Å². The minimum atomic E-state index is -0.769. The van der Waals surface area contributed by atoms with Gasteiger partial charge in [-0.1, -0.05) is 359 Å². The van der Waals surface area contributed by atoms with Gasteiger partial charge in [0.25, 0.3) is 0 Å². The Bertz CT molecular complexity index is 1380. The number of carbonyl (C=O) groups excluding carboxylic acids is 3. The zero-order chi connectivity index (χ0) is 59.9. The topological polar surface area (TPSA) is 78.9 Å². The number of rotatable bonds is 70. The highest BCUT2D eigenvalue weighted by Crippen LogP contribution is 2.19. The molecule has 0 aliphatic carbocycles. The normalized spacial score (nSPS) is 12.2. The summed E-state index contributed by atoms with van der Waals surface area (Å²) >= 11 is 0. The van der Waals surface area contributed by atoms with Crippen LogP contribution in [0.15, 0.2) is 36.5 Å². The molecule has 0 amide bonds. The van der Waals surface area contributed by atoms with Crippen molar-refractivity contribution in [3.05, 3.63) is 36.5 Å². The molecule has 0 fully saturated rings. The summed E-state index contributed by atoms with van der Waals surface area (Å²) in [6.07, 6.45) is 90.6. The number of esters is 3. The summed E-state index contributed by atoms with van der Waals surface area (Å²) in [5.74, 6) is -0.838. The van der Waals surface area contributed by atoms with Crippen molar-refractivity contribution in [1.29, 1.82) is 0 Å². The van der Waals surface area contributed by atoms with Gasteiger partial charge in [0.1, 0.15) is 13.2 Å². The third-order valence-electron chi connectivity index (χ3n) is 17.1. The molecule has 6 nitrogen and oxygen atoms in total. The van der Waals surface area contributed by atoms with Crippen molar-refractivity contribution in [3.8, 4) is 0 Å². The number of unbranched alkanes of at least 4 members (excludes halogenated alkanes) is 53. The molecule has 0 radical (unpaired) electrons. The Morgan fingerprint density at radius 1 is 0.241 bits per heavy atom. The van der Waals surface area contributed by atoms with E-state index in [1.165, 1.54) is 315 Å². The molecule has 0 aliphatic heterocycles. The second-order valence-corrected chi connectivity index (χ2v) is 25.6. The molecular weight excluding hydrogens is 1020 g/mol. The van der Waals surface area contributed by atoms with Gasteiger partial charge in [0.2, 0.25) is 0 Å². The van der Waals surface area contributed by atoms with Gasteiger partial charge in [-0.2, -0.15) is 0 Å². The molecule has 0 N–H and O–H groups in total. The Labute approximate surface area is 518 Å². The Kier molecular flexibility index (Phi) is 70.0. The number of allylic oxidation sites excluding steroid dienone is 6. The van der Waals surface area contributed by atoms with Crippen molar-refractivity contribution < 1.29 is 28.6 Å². The SMILES string of the molecule is CCCCCCC/C=C\C/C=C\CCCCCCCCCCCCCCCCCCCCCCCCCC(=O)OCC(COC(=O)CCCCCCCCCCCCC)OC(=O)CCCCCCCCCCC/C=C\CCCCCCCC. The molecule has 1 atom stereocenters. The Morgan fingerprint density at radius 3 is 0.675 bits per heavy atom. The van der Waals surface area contributed by atoms with E-state index in [9.17, 15) is 14.4 Å². The zero-order valence-corrected chi connectivity index (χ0v) is 56.2. The third kappa shape index (κ3) is 70.3. The van der Waals surface area contributed by atoms with Gasteiger partial charge in [-0.15, -0.1) is 0 Å². The standard InChI is InChI=1S/C77H144O6/c1-4-7-10-13-16-19-22-24-26-28-30-31-32-33-34-35-36-37-38-39-40-41-42-43-44-45-47-48-50-52-55-58-61-64-67-70-76(79)82-73-74(72-81-75(78)69-66-63-60-57-54-21-18-15-12-9-6-3)83-77(80)71-68-65-62-59-56-53-51-49-46-29-27-25-23-20-17-14-11-8-5-2/h22,24-25,27-28,30,74H,4-21,23,26,29,31-73H2,1-3H3/b24-22-,27-25-,30-28-. The van der Waals surface area contributed by atoms with E-state index in [0.29, 0.717) is 19.3 Å². The summed E-state index contributed by atoms with van der Waals surface area (Å²) in [5.41, 5.74) is 0. The predicted molar refractivity (Wildman–Crippen MR) is 362 cm³/mol. The van der Waals surface area contributed by atoms with Crippen LogP contribution in [0.4, 0.5) is 0 Å². The van der Waals surface area contributed by atoms with Gasteiger partial charge in [-0.3, -0.25) is 14.4 Å². The summed E-state index contributed by atoms with van der Waals surface area (Å²) in [6.45, 7) is 6.69. The minimum Gasteiger partial charge on any atom is -0.462 e. The van der Waals surface area contributed by atoms with Crippen molar-refractivity contribution in [1.82, 2.24) is 0 Å². The molecule has 6 heteroatoms. The van der Waals surface area contributed by atoms with E-state index in [1.807, 2.05) is 0 Å². The average Bonchev–Trinajstić information content (AvgIpc) is 3.48. The smallest absolute Gasteiger partial charge is 0.306 e. The Hall–Kier alpha value is -2.37. The van der Waals surface area contributed by atoms with Crippen LogP contribution in [-0.2, 0) is 28.6 Å². The van der Waals surface area contributed by atoms with Crippen molar-refractivity contribution >= 4 is 17.9 Å². The Morgan fingerprint density at radius 2 is 0.434 bits per heavy atom. The maximum Gasteiger partial charge on any atom is 0.306 e. The molecule has 0 rings (SSSR count). The lowest BCUT2D eigenvalue weighted by atomic mass is 10.0. The van der Waals surface area contributed by atoms with Gasteiger partial charge in [-0.05, 0) is 77.0 Å². The first-order valence-electron chi connectivity index (χ1n) is 37.5. The number of hydrogen-bond acceptors (Lipinski definition) is 6. The lowest BCUT2D eigenvalue weighted by molar-refractivity contribution is -0.167. The molecule has 0 aromatic rings. The first kappa shape index (κ1) is 80.6. The summed E-state index contributed by atoms with van der Waals surface area (Å²) in [7, 11) is 0. The molecule has 0 spiro atoms. The average molecular weight is 1170 g/mol. The van der Waals surface area contributed by atoms with Crippen molar-refractivity contribution in [2.75, 3.05) is 13.2 Å². The molecule has 0 saturated carbocycles. The summed E-state index contributed by atoms with van der Waals surface area (Å²) < 4.78 is 17.0. The molecule has 0 aromatic heterocycles. The van der Waals surface area contributed by atoms with Crippen LogP contribution in [-0.4, -0.2) is 37.2 Å². The van der Waals surface area contributed by atoms with Crippen LogP contribution in [0, 0.1) is 0 Å². The summed E-state index contributed by atoms with van der Waals surface area (Å²) in [5, 5.41) is 0. The molecule has 0 bridgehead atoms. The molecular formula is C77H144O6. The molecule has 1 unspecified atom stereocenters. The summed E-state index contributed by atoms with van der Waals surface area (Å²) in [6, 6.07) is 0. The van der Waals surface area contributed by atoms with Crippen LogP contribution < -0.4 is 0 Å². The number of hydrogen-bond donors (Lipinski definition) is 0. The molecule has 0 aliphatic rings. The highest BCUT2D eigenvalue weighted by Gasteiger charge is 2.20. The van der Waals surface area contributed by atoms with Crippen LogP contribution in [0.25, 0.3) is 0 Å². The Balaban J connectivity index is 4.04. The van der Waals surface area contributed by atoms with Crippen molar-refractivity contribution in [2.24, 2.45) is 0 Å². The van der Waals surface area contributed by atoms with Gasteiger partial charge in [0.15, 0.2) is 6.10 Å². The van der Waals surface area contributed by atoms with Gasteiger partial charge in [0, 0.05) is 19.3 Å². The fourth-order valence-corrected chi connectivity index (χ4v) is 11.5. The maximum absolute atomic E-state index is 12.9. The molecule has 0 heterocycles. The van der Waals surface area contributed by atoms with Crippen LogP contribution in [0.3, 0.4) is 0 Å². The van der Waals surface area contributed by atoms with E-state index >= 15 is 0 Å². The minimum absolute atomic E-state index is 0.0661. The fourth-order valence-electron chi connectivity index (χ4n) is 11.5. The number of ether oxygens (including phenoxy) is 3. The highest BCUT2D eigenvalue weighted by atomic mass is 16.6. The van der Waals surface area contributed by atoms with E-state index in [-0.39, 0.29) is 31.1 Å². The molecule has 488 valence electrons. The quantitative estimate of drug-likeness (QED) is 0.0261. The maximum atomic E-state index is 12.9. The first-order chi connectivity index (χ1) is 41.0. The van der Waals surface area contributed by atoms with E-state index in [2.05, 4.69) is 57.2 Å². The van der Waals surface area contributed by atoms with E-state index < -0.39 is 6.10 Å². The van der Waals surface area contributed by atoms with E-state index in [0.717, 1.165) is 64.2 Å². The van der Waals surface area contributed by atoms with E-state index in [1.54, 1.807) is 0 Å². The van der Waals surface area contributed by atoms with Crippen LogP contribution in [0.1, 0.15) is 419 Å². The van der Waals surface area contributed by atoms with Crippen molar-refractivity contribution in [3.63, 3.8) is 0 Å². The number of carbonyl (C=O) groups is 3. The van der Waals surface area contributed by atoms with Crippen molar-refractivity contribution in [2.45, 2.75) is 425 Å². The van der Waals surface area contributed by atoms with Gasteiger partial charge in [0.05, 0.1) is 0 Å². The largest absolute Gasteiger partial charge is 0.462 e. The van der Waals surface area contributed by atoms with Gasteiger partial charge in [-0.25, -0.2) is 0 Å². The second-order valence-electron chi connectivity index (χ2n) is 25.6. The monoisotopic (exact) mass is 1170 g/mol. The van der Waals surface area contributed by atoms with Gasteiger partial charge >= 0.3 is 17.9 Å². The lowest BCUT2D eigenvalue weighted by Crippen LogP contribution is -2.30. The zero-order valence-electron chi connectivity index (χ0n) is 56.2. The first-order valence-corrected chi connectivity index (χ1v) is 37.5. The molecule has 0 saturated heterocycles. The predicted octanol–water partition coefficient (Wildman–Crippen LogP) is 25.9. The summed E-state index contributed by atoms with van der Waals surface area (Å²) in [4.78, 5) is 38.4. The molecule has 0 aromatic carbocycles. The second kappa shape index (κ2) is 72.1. The van der Waals surface area contributed by atoms with Crippen LogP contribution in [0.5, 0.6) is 0 Å². The fraction of sp³-hybridized carbons (Fsp3) is 0.883. The lowest BCUT2D eigenvalue weighted by Gasteiger charge is -2.18. The molecule has 83 heavy (non-hydrogen) atoms. The third-order valence-corrected chi connectivity index (χ3v) is 17.1. The van der Waals surface area contributed by atoms with E-state index in [4.69, 9.17) is 14.2 Å². The highest BCUT2D eigenvalue weighted by molar-refractivity contribution is 5.71. The van der Waals surface area contributed by atoms with Crippen LogP contribution in [0.2, 0.25) is 0 Å².